The number of hydrogen-bond acceptors (Lipinski definition) is 2. The largest absolute Gasteiger partial charge is 0.478 e. The second kappa shape index (κ2) is 4.94. The predicted octanol–water partition coefficient (Wildman–Crippen LogP) is 2.67. The molecule has 3 heteroatoms. The van der Waals surface area contributed by atoms with Crippen LogP contribution in [0.2, 0.25) is 0 Å². The van der Waals surface area contributed by atoms with Gasteiger partial charge in [0, 0.05) is 13.2 Å². The third-order valence-electron chi connectivity index (χ3n) is 2.53. The van der Waals surface area contributed by atoms with Crippen LogP contribution >= 0.6 is 0 Å². The van der Waals surface area contributed by atoms with E-state index in [1.807, 2.05) is 38.1 Å². The molecule has 0 aliphatic carbocycles. The zero-order chi connectivity index (χ0) is 12.2. The van der Waals surface area contributed by atoms with E-state index in [1.54, 1.807) is 13.2 Å². The van der Waals surface area contributed by atoms with Crippen molar-refractivity contribution in [2.24, 2.45) is 0 Å². The van der Waals surface area contributed by atoms with E-state index >= 15 is 0 Å². The van der Waals surface area contributed by atoms with Gasteiger partial charge < -0.3 is 9.84 Å². The molecule has 0 heterocycles. The van der Waals surface area contributed by atoms with E-state index in [4.69, 9.17) is 9.84 Å². The van der Waals surface area contributed by atoms with Crippen molar-refractivity contribution in [3.8, 4) is 0 Å². The summed E-state index contributed by atoms with van der Waals surface area (Å²) in [5.74, 6) is -0.943. The molecule has 0 bridgehead atoms. The van der Waals surface area contributed by atoms with Crippen LogP contribution in [0.1, 0.15) is 25.0 Å². The fourth-order valence-electron chi connectivity index (χ4n) is 1.28. The molecule has 0 amide bonds. The molecule has 1 N–H and O–H groups in total. The summed E-state index contributed by atoms with van der Waals surface area (Å²) in [6.45, 7) is 3.96. The summed E-state index contributed by atoms with van der Waals surface area (Å²) in [6.07, 6.45) is 2.68. The van der Waals surface area contributed by atoms with Gasteiger partial charge in [0.25, 0.3) is 0 Å². The number of carboxylic acid groups (broad SMARTS) is 1. The number of carboxylic acids is 1. The highest BCUT2D eigenvalue weighted by Gasteiger charge is 2.18. The van der Waals surface area contributed by atoms with Crippen LogP contribution < -0.4 is 0 Å². The van der Waals surface area contributed by atoms with Crippen LogP contribution in [0.3, 0.4) is 0 Å². The molecule has 3 nitrogen and oxygen atoms in total. The Morgan fingerprint density at radius 2 is 1.88 bits per heavy atom. The van der Waals surface area contributed by atoms with Crippen molar-refractivity contribution in [1.82, 2.24) is 0 Å². The third-order valence-corrected chi connectivity index (χ3v) is 2.53. The molecule has 0 fully saturated rings. The average molecular weight is 220 g/mol. The zero-order valence-corrected chi connectivity index (χ0v) is 9.73. The molecule has 0 unspecified atom stereocenters. The minimum absolute atomic E-state index is 0.324. The van der Waals surface area contributed by atoms with Crippen molar-refractivity contribution in [2.75, 3.05) is 7.11 Å². The Bertz CT molecular complexity index is 388. The number of carbonyl (C=O) groups is 1. The fraction of sp³-hybridized carbons (Fsp3) is 0.308. The Morgan fingerprint density at radius 1 is 1.31 bits per heavy atom. The van der Waals surface area contributed by atoms with Crippen molar-refractivity contribution in [1.29, 1.82) is 0 Å². The summed E-state index contributed by atoms with van der Waals surface area (Å²) in [4.78, 5) is 10.3. The van der Waals surface area contributed by atoms with Gasteiger partial charge in [-0.05, 0) is 31.1 Å². The van der Waals surface area contributed by atoms with Gasteiger partial charge in [-0.25, -0.2) is 4.79 Å². The Balaban J connectivity index is 2.87. The lowest BCUT2D eigenvalue weighted by Gasteiger charge is -2.23. The Kier molecular flexibility index (Phi) is 3.85. The van der Waals surface area contributed by atoms with Gasteiger partial charge in [0.2, 0.25) is 0 Å². The summed E-state index contributed by atoms with van der Waals surface area (Å²) in [5, 5.41) is 8.49. The first-order chi connectivity index (χ1) is 7.45. The van der Waals surface area contributed by atoms with Gasteiger partial charge in [-0.1, -0.05) is 24.3 Å². The molecule has 0 aliphatic rings. The molecule has 0 aromatic heterocycles. The topological polar surface area (TPSA) is 46.5 Å². The highest BCUT2D eigenvalue weighted by molar-refractivity contribution is 5.85. The molecular formula is C13H16O3. The number of hydrogen-bond donors (Lipinski definition) is 1. The van der Waals surface area contributed by atoms with Crippen molar-refractivity contribution in [3.05, 3.63) is 41.5 Å². The summed E-state index contributed by atoms with van der Waals surface area (Å²) in [6, 6.07) is 7.61. The van der Waals surface area contributed by atoms with Gasteiger partial charge in [0.05, 0.1) is 5.60 Å². The minimum Gasteiger partial charge on any atom is -0.478 e. The quantitative estimate of drug-likeness (QED) is 0.793. The second-order valence-corrected chi connectivity index (χ2v) is 4.01. The lowest BCUT2D eigenvalue weighted by Crippen LogP contribution is -2.19. The maximum atomic E-state index is 10.3. The summed E-state index contributed by atoms with van der Waals surface area (Å²) < 4.78 is 5.35. The van der Waals surface area contributed by atoms with Gasteiger partial charge in [-0.2, -0.15) is 0 Å². The van der Waals surface area contributed by atoms with Crippen LogP contribution in [-0.4, -0.2) is 18.2 Å². The SMILES string of the molecule is COC(C)(C)c1ccc(/C=C/C(=O)O)cc1. The zero-order valence-electron chi connectivity index (χ0n) is 9.73. The van der Waals surface area contributed by atoms with Crippen LogP contribution in [0, 0.1) is 0 Å². The lowest BCUT2D eigenvalue weighted by atomic mass is 9.97. The van der Waals surface area contributed by atoms with Gasteiger partial charge in [-0.3, -0.25) is 0 Å². The van der Waals surface area contributed by atoms with Crippen molar-refractivity contribution >= 4 is 12.0 Å². The predicted molar refractivity (Wildman–Crippen MR) is 63.1 cm³/mol. The normalized spacial score (nSPS) is 11.9. The van der Waals surface area contributed by atoms with E-state index in [-0.39, 0.29) is 5.60 Å². The molecule has 1 aromatic carbocycles. The lowest BCUT2D eigenvalue weighted by molar-refractivity contribution is -0.131. The van der Waals surface area contributed by atoms with E-state index in [2.05, 4.69) is 0 Å². The minimum atomic E-state index is -0.943. The molecule has 0 atom stereocenters. The average Bonchev–Trinajstić information content (AvgIpc) is 2.27. The van der Waals surface area contributed by atoms with Gasteiger partial charge in [0.1, 0.15) is 0 Å². The Labute approximate surface area is 95.4 Å². The molecule has 0 saturated carbocycles. The number of rotatable bonds is 4. The van der Waals surface area contributed by atoms with Gasteiger partial charge >= 0.3 is 5.97 Å². The van der Waals surface area contributed by atoms with Crippen molar-refractivity contribution < 1.29 is 14.6 Å². The van der Waals surface area contributed by atoms with E-state index in [0.717, 1.165) is 17.2 Å². The molecule has 1 rings (SSSR count). The van der Waals surface area contributed by atoms with Crippen LogP contribution in [-0.2, 0) is 15.1 Å². The molecular weight excluding hydrogens is 204 g/mol. The number of benzene rings is 1. The molecule has 0 radical (unpaired) electrons. The number of aliphatic carboxylic acids is 1. The smallest absolute Gasteiger partial charge is 0.328 e. The fourth-order valence-corrected chi connectivity index (χ4v) is 1.28. The highest BCUT2D eigenvalue weighted by atomic mass is 16.5. The van der Waals surface area contributed by atoms with Gasteiger partial charge in [-0.15, -0.1) is 0 Å². The van der Waals surface area contributed by atoms with Gasteiger partial charge in [0.15, 0.2) is 0 Å². The van der Waals surface area contributed by atoms with E-state index in [1.165, 1.54) is 0 Å². The molecule has 0 spiro atoms. The van der Waals surface area contributed by atoms with Crippen LogP contribution in [0.15, 0.2) is 30.3 Å². The Hall–Kier alpha value is -1.61. The third kappa shape index (κ3) is 3.21. The second-order valence-electron chi connectivity index (χ2n) is 4.01. The van der Waals surface area contributed by atoms with E-state index < -0.39 is 5.97 Å². The van der Waals surface area contributed by atoms with Crippen molar-refractivity contribution in [2.45, 2.75) is 19.4 Å². The maximum absolute atomic E-state index is 10.3. The van der Waals surface area contributed by atoms with Crippen molar-refractivity contribution in [3.63, 3.8) is 0 Å². The molecule has 0 saturated heterocycles. The highest BCUT2D eigenvalue weighted by Crippen LogP contribution is 2.23. The number of methoxy groups -OCH3 is 1. The molecule has 1 aromatic rings. The van der Waals surface area contributed by atoms with Crippen LogP contribution in [0.5, 0.6) is 0 Å². The van der Waals surface area contributed by atoms with Crippen LogP contribution in [0.25, 0.3) is 6.08 Å². The monoisotopic (exact) mass is 220 g/mol. The van der Waals surface area contributed by atoms with Crippen LogP contribution in [0.4, 0.5) is 0 Å². The summed E-state index contributed by atoms with van der Waals surface area (Å²) >= 11 is 0. The Morgan fingerprint density at radius 3 is 2.31 bits per heavy atom. The van der Waals surface area contributed by atoms with E-state index in [9.17, 15) is 4.79 Å². The molecule has 86 valence electrons. The number of ether oxygens (including phenoxy) is 1. The maximum Gasteiger partial charge on any atom is 0.328 e. The molecule has 0 aliphatic heterocycles. The first-order valence-electron chi connectivity index (χ1n) is 5.02. The summed E-state index contributed by atoms with van der Waals surface area (Å²) in [5.41, 5.74) is 1.59. The first-order valence-corrected chi connectivity index (χ1v) is 5.02. The summed E-state index contributed by atoms with van der Waals surface area (Å²) in [7, 11) is 1.66. The first kappa shape index (κ1) is 12.5. The standard InChI is InChI=1S/C13H16O3/c1-13(2,16-3)11-7-4-10(5-8-11)6-9-12(14)15/h4-9H,1-3H3,(H,14,15)/b9-6+. The van der Waals surface area contributed by atoms with E-state index in [0.29, 0.717) is 0 Å². The molecule has 16 heavy (non-hydrogen) atoms.